The average Bonchev–Trinajstić information content (AvgIpc) is 3.22. The van der Waals surface area contributed by atoms with Crippen molar-refractivity contribution >= 4 is 11.6 Å². The van der Waals surface area contributed by atoms with Gasteiger partial charge in [-0.15, -0.1) is 0 Å². The largest absolute Gasteiger partial charge is 0.462 e. The van der Waals surface area contributed by atoms with Gasteiger partial charge in [0.25, 0.3) is 6.02 Å². The number of fused-ring (bicyclic) bond motifs is 4. The van der Waals surface area contributed by atoms with Crippen LogP contribution in [-0.4, -0.2) is 30.8 Å². The topological polar surface area (TPSA) is 79.0 Å². The number of pyridine rings is 1. The molecule has 3 aromatic rings. The molecule has 1 atom stereocenters. The molecule has 0 aliphatic carbocycles. The first-order valence-corrected chi connectivity index (χ1v) is 10.5. The summed E-state index contributed by atoms with van der Waals surface area (Å²) in [6, 6.07) is 14.4. The number of rotatable bonds is 2. The van der Waals surface area contributed by atoms with Crippen LogP contribution in [-0.2, 0) is 15.0 Å². The van der Waals surface area contributed by atoms with Crippen LogP contribution >= 0.6 is 0 Å². The van der Waals surface area contributed by atoms with Crippen LogP contribution in [0.3, 0.4) is 0 Å². The van der Waals surface area contributed by atoms with E-state index >= 15 is 0 Å². The SMILES string of the molecule is NC1=N[C@@]2(CO1)c1cc(-c3ccccc3F)ccc1Oc1ncc(C3=CCOCC3)cc12. The van der Waals surface area contributed by atoms with Gasteiger partial charge in [-0.1, -0.05) is 30.3 Å². The first kappa shape index (κ1) is 19.0. The lowest BCUT2D eigenvalue weighted by atomic mass is 9.80. The van der Waals surface area contributed by atoms with Crippen molar-refractivity contribution in [1.82, 2.24) is 4.98 Å². The summed E-state index contributed by atoms with van der Waals surface area (Å²) >= 11 is 0. The lowest BCUT2D eigenvalue weighted by molar-refractivity contribution is 0.161. The van der Waals surface area contributed by atoms with Crippen molar-refractivity contribution in [3.63, 3.8) is 0 Å². The minimum Gasteiger partial charge on any atom is -0.462 e. The van der Waals surface area contributed by atoms with Crippen LogP contribution in [0.5, 0.6) is 11.6 Å². The van der Waals surface area contributed by atoms with E-state index in [1.165, 1.54) is 11.6 Å². The van der Waals surface area contributed by atoms with E-state index in [9.17, 15) is 4.39 Å². The molecule has 0 amide bonds. The zero-order valence-corrected chi connectivity index (χ0v) is 17.2. The molecule has 1 spiro atoms. The summed E-state index contributed by atoms with van der Waals surface area (Å²) in [5, 5.41) is 0. The van der Waals surface area contributed by atoms with Crippen LogP contribution in [0, 0.1) is 5.82 Å². The van der Waals surface area contributed by atoms with Crippen LogP contribution in [0.2, 0.25) is 0 Å². The molecule has 6 nitrogen and oxygen atoms in total. The molecule has 3 aliphatic heterocycles. The summed E-state index contributed by atoms with van der Waals surface area (Å²) in [5.74, 6) is 0.777. The van der Waals surface area contributed by atoms with Crippen molar-refractivity contribution in [2.45, 2.75) is 12.0 Å². The molecule has 0 radical (unpaired) electrons. The molecule has 1 aromatic heterocycles. The molecule has 6 rings (SSSR count). The molecule has 0 saturated carbocycles. The molecule has 0 saturated heterocycles. The molecule has 0 unspecified atom stereocenters. The van der Waals surface area contributed by atoms with Crippen molar-refractivity contribution in [3.8, 4) is 22.8 Å². The molecule has 0 fully saturated rings. The summed E-state index contributed by atoms with van der Waals surface area (Å²) in [6.45, 7) is 1.47. The quantitative estimate of drug-likeness (QED) is 0.654. The maximum absolute atomic E-state index is 14.5. The predicted molar refractivity (Wildman–Crippen MR) is 118 cm³/mol. The van der Waals surface area contributed by atoms with E-state index in [1.54, 1.807) is 12.1 Å². The highest BCUT2D eigenvalue weighted by molar-refractivity contribution is 5.78. The number of aliphatic imine (C=N–C) groups is 1. The first-order chi connectivity index (χ1) is 15.6. The Morgan fingerprint density at radius 2 is 1.91 bits per heavy atom. The van der Waals surface area contributed by atoms with Crippen molar-refractivity contribution in [1.29, 1.82) is 0 Å². The highest BCUT2D eigenvalue weighted by Gasteiger charge is 2.48. The molecular weight excluding hydrogens is 409 g/mol. The number of halogens is 1. The van der Waals surface area contributed by atoms with Gasteiger partial charge in [0.05, 0.1) is 18.8 Å². The lowest BCUT2D eigenvalue weighted by Crippen LogP contribution is -2.31. The number of aromatic nitrogens is 1. The maximum Gasteiger partial charge on any atom is 0.283 e. The number of hydrogen-bond acceptors (Lipinski definition) is 6. The maximum atomic E-state index is 14.5. The third-order valence-corrected chi connectivity index (χ3v) is 6.18. The van der Waals surface area contributed by atoms with E-state index in [1.807, 2.05) is 36.5 Å². The molecule has 2 aromatic carbocycles. The summed E-state index contributed by atoms with van der Waals surface area (Å²) in [4.78, 5) is 9.32. The monoisotopic (exact) mass is 429 g/mol. The van der Waals surface area contributed by atoms with E-state index in [-0.39, 0.29) is 18.4 Å². The lowest BCUT2D eigenvalue weighted by Gasteiger charge is -2.33. The fraction of sp³-hybridized carbons (Fsp3) is 0.200. The van der Waals surface area contributed by atoms with Gasteiger partial charge in [-0.05, 0) is 47.4 Å². The molecule has 4 heterocycles. The van der Waals surface area contributed by atoms with Gasteiger partial charge in [0.15, 0.2) is 5.54 Å². The fourth-order valence-corrected chi connectivity index (χ4v) is 4.56. The van der Waals surface area contributed by atoms with Crippen molar-refractivity contribution in [2.75, 3.05) is 19.8 Å². The molecular formula is C25H20FN3O3. The smallest absolute Gasteiger partial charge is 0.283 e. The van der Waals surface area contributed by atoms with E-state index in [4.69, 9.17) is 24.9 Å². The van der Waals surface area contributed by atoms with Crippen LogP contribution in [0.25, 0.3) is 16.7 Å². The van der Waals surface area contributed by atoms with Gasteiger partial charge in [-0.2, -0.15) is 0 Å². The second-order valence-electron chi connectivity index (χ2n) is 8.02. The Balaban J connectivity index is 1.54. The fourth-order valence-electron chi connectivity index (χ4n) is 4.56. The average molecular weight is 429 g/mol. The van der Waals surface area contributed by atoms with Gasteiger partial charge in [0, 0.05) is 17.3 Å². The van der Waals surface area contributed by atoms with Crippen LogP contribution < -0.4 is 10.5 Å². The molecule has 3 aliphatic rings. The minimum atomic E-state index is -0.914. The number of nitrogens with zero attached hydrogens (tertiary/aromatic N) is 2. The highest BCUT2D eigenvalue weighted by Crippen LogP contribution is 2.51. The Morgan fingerprint density at radius 1 is 1.03 bits per heavy atom. The van der Waals surface area contributed by atoms with Gasteiger partial charge in [-0.3, -0.25) is 0 Å². The van der Waals surface area contributed by atoms with Crippen LogP contribution in [0.4, 0.5) is 4.39 Å². The summed E-state index contributed by atoms with van der Waals surface area (Å²) in [6.07, 6.45) is 4.69. The third kappa shape index (κ3) is 2.89. The predicted octanol–water partition coefficient (Wildman–Crippen LogP) is 4.39. The standard InChI is InChI=1S/C25H20FN3O3/c26-21-4-2-1-3-18(21)16-5-6-22-19(11-16)25(14-31-24(27)29-25)20-12-17(13-28-23(20)32-22)15-7-9-30-10-8-15/h1-7,11-13H,8-10,14H2,(H2,27,29)/t25-/m0/s1. The molecule has 2 N–H and O–H groups in total. The highest BCUT2D eigenvalue weighted by atomic mass is 19.1. The van der Waals surface area contributed by atoms with Crippen LogP contribution in [0.15, 0.2) is 65.8 Å². The van der Waals surface area contributed by atoms with Gasteiger partial charge in [0.2, 0.25) is 5.88 Å². The van der Waals surface area contributed by atoms with Crippen LogP contribution in [0.1, 0.15) is 23.1 Å². The normalized spacial score (nSPS) is 21.2. The Morgan fingerprint density at radius 3 is 2.69 bits per heavy atom. The summed E-state index contributed by atoms with van der Waals surface area (Å²) in [7, 11) is 0. The Kier molecular flexibility index (Phi) is 4.26. The second-order valence-corrected chi connectivity index (χ2v) is 8.02. The summed E-state index contributed by atoms with van der Waals surface area (Å²) < 4.78 is 31.7. The zero-order valence-electron chi connectivity index (χ0n) is 17.2. The van der Waals surface area contributed by atoms with E-state index < -0.39 is 5.54 Å². The molecule has 7 heteroatoms. The van der Waals surface area contributed by atoms with E-state index in [2.05, 4.69) is 11.1 Å². The minimum absolute atomic E-state index is 0.107. The Hall–Kier alpha value is -3.71. The number of ether oxygens (including phenoxy) is 3. The second kappa shape index (κ2) is 7.17. The first-order valence-electron chi connectivity index (χ1n) is 10.5. The van der Waals surface area contributed by atoms with Gasteiger partial charge >= 0.3 is 0 Å². The Bertz CT molecular complexity index is 1300. The molecule has 32 heavy (non-hydrogen) atoms. The van der Waals surface area contributed by atoms with E-state index in [0.717, 1.165) is 28.7 Å². The van der Waals surface area contributed by atoms with Gasteiger partial charge in [0.1, 0.15) is 18.2 Å². The Labute approximate surface area is 184 Å². The van der Waals surface area contributed by atoms with Gasteiger partial charge < -0.3 is 19.9 Å². The van der Waals surface area contributed by atoms with Crippen molar-refractivity contribution in [3.05, 3.63) is 83.3 Å². The molecule has 0 bridgehead atoms. The van der Waals surface area contributed by atoms with Gasteiger partial charge in [-0.25, -0.2) is 14.4 Å². The van der Waals surface area contributed by atoms with Crippen molar-refractivity contribution in [2.24, 2.45) is 10.7 Å². The number of benzene rings is 2. The number of amidine groups is 1. The molecule has 160 valence electrons. The van der Waals surface area contributed by atoms with E-state index in [0.29, 0.717) is 30.4 Å². The number of nitrogens with two attached hydrogens (primary N) is 1. The summed E-state index contributed by atoms with van der Waals surface area (Å²) in [5.41, 5.74) is 10.0. The number of hydrogen-bond donors (Lipinski definition) is 1. The van der Waals surface area contributed by atoms with Crippen molar-refractivity contribution < 1.29 is 18.6 Å². The third-order valence-electron chi connectivity index (χ3n) is 6.18. The zero-order chi connectivity index (χ0) is 21.7.